The van der Waals surface area contributed by atoms with E-state index in [0.717, 1.165) is 22.6 Å². The molecular formula is C15H13Cl2NO2S2. The second-order valence-corrected chi connectivity index (χ2v) is 8.50. The minimum Gasteiger partial charge on any atom is -0.207 e. The van der Waals surface area contributed by atoms with Crippen LogP contribution in [0.1, 0.15) is 18.0 Å². The lowest BCUT2D eigenvalue weighted by molar-refractivity contribution is 0.546. The molecule has 0 aromatic heterocycles. The summed E-state index contributed by atoms with van der Waals surface area (Å²) in [4.78, 5) is 1.04. The standard InChI is InChI=1S/C15H13Cl2NO2S2/c16-11-5-3-6-12(17)15(11)22(19,20)18-13-8-9-21-14-7-2-1-4-10(13)14/h1-7,13,18H,8-9H2/t13-/m1/s1. The summed E-state index contributed by atoms with van der Waals surface area (Å²) in [5.41, 5.74) is 0.991. The molecule has 3 rings (SSSR count). The lowest BCUT2D eigenvalue weighted by atomic mass is 10.1. The molecule has 1 heterocycles. The van der Waals surface area contributed by atoms with Crippen LogP contribution in [0.5, 0.6) is 0 Å². The molecule has 0 fully saturated rings. The number of thioether (sulfide) groups is 1. The Hall–Kier alpha value is -0.720. The molecule has 7 heteroatoms. The van der Waals surface area contributed by atoms with Crippen molar-refractivity contribution in [3.63, 3.8) is 0 Å². The van der Waals surface area contributed by atoms with E-state index < -0.39 is 10.0 Å². The number of nitrogens with one attached hydrogen (secondary N) is 1. The van der Waals surface area contributed by atoms with Crippen LogP contribution in [0.25, 0.3) is 0 Å². The first-order valence-corrected chi connectivity index (χ1v) is 9.89. The topological polar surface area (TPSA) is 46.2 Å². The molecule has 0 saturated carbocycles. The van der Waals surface area contributed by atoms with Crippen LogP contribution in [0.2, 0.25) is 10.0 Å². The molecule has 1 aliphatic rings. The number of benzene rings is 2. The summed E-state index contributed by atoms with van der Waals surface area (Å²) in [5.74, 6) is 0.862. The van der Waals surface area contributed by atoms with E-state index in [1.807, 2.05) is 24.3 Å². The third-order valence-corrected chi connectivity index (χ3v) is 6.99. The van der Waals surface area contributed by atoms with Crippen LogP contribution in [0.4, 0.5) is 0 Å². The molecule has 0 unspecified atom stereocenters. The second-order valence-electron chi connectivity index (χ2n) is 4.90. The van der Waals surface area contributed by atoms with E-state index in [4.69, 9.17) is 23.2 Å². The Balaban J connectivity index is 1.97. The van der Waals surface area contributed by atoms with E-state index in [9.17, 15) is 8.42 Å². The zero-order valence-corrected chi connectivity index (χ0v) is 14.6. The number of fused-ring (bicyclic) bond motifs is 1. The van der Waals surface area contributed by atoms with Gasteiger partial charge in [0.15, 0.2) is 0 Å². The molecule has 2 aromatic carbocycles. The van der Waals surface area contributed by atoms with E-state index in [-0.39, 0.29) is 21.0 Å². The quantitative estimate of drug-likeness (QED) is 0.860. The SMILES string of the molecule is O=S(=O)(N[C@@H]1CCSc2ccccc21)c1c(Cl)cccc1Cl. The van der Waals surface area contributed by atoms with Gasteiger partial charge in [-0.2, -0.15) is 0 Å². The van der Waals surface area contributed by atoms with Crippen LogP contribution >= 0.6 is 35.0 Å². The largest absolute Gasteiger partial charge is 0.244 e. The Kier molecular flexibility index (Phi) is 4.71. The highest BCUT2D eigenvalue weighted by Crippen LogP contribution is 2.37. The van der Waals surface area contributed by atoms with Crippen LogP contribution in [0, 0.1) is 0 Å². The fourth-order valence-electron chi connectivity index (χ4n) is 2.45. The summed E-state index contributed by atoms with van der Waals surface area (Å²) < 4.78 is 28.1. The fourth-order valence-corrected chi connectivity index (χ4v) is 5.97. The Labute approximate surface area is 144 Å². The Morgan fingerprint density at radius 1 is 1.05 bits per heavy atom. The van der Waals surface area contributed by atoms with Crippen molar-refractivity contribution in [3.05, 3.63) is 58.1 Å². The highest BCUT2D eigenvalue weighted by molar-refractivity contribution is 7.99. The molecular weight excluding hydrogens is 361 g/mol. The Morgan fingerprint density at radius 3 is 2.45 bits per heavy atom. The van der Waals surface area contributed by atoms with E-state index in [1.54, 1.807) is 17.8 Å². The zero-order chi connectivity index (χ0) is 15.7. The molecule has 1 aliphatic heterocycles. The second kappa shape index (κ2) is 6.42. The lowest BCUT2D eigenvalue weighted by Crippen LogP contribution is -2.31. The maximum absolute atomic E-state index is 12.7. The first-order valence-electron chi connectivity index (χ1n) is 6.67. The molecule has 1 atom stereocenters. The van der Waals surface area contributed by atoms with Gasteiger partial charge in [-0.05, 0) is 35.9 Å². The minimum absolute atomic E-state index is 0.0611. The van der Waals surface area contributed by atoms with Gasteiger partial charge in [0.05, 0.1) is 10.0 Å². The molecule has 0 saturated heterocycles. The summed E-state index contributed by atoms with van der Waals surface area (Å²) >= 11 is 13.8. The predicted octanol–water partition coefficient (Wildman–Crippen LogP) is 4.51. The summed E-state index contributed by atoms with van der Waals surface area (Å²) in [7, 11) is -3.79. The number of hydrogen-bond acceptors (Lipinski definition) is 3. The number of sulfonamides is 1. The van der Waals surface area contributed by atoms with Crippen molar-refractivity contribution in [2.45, 2.75) is 22.3 Å². The van der Waals surface area contributed by atoms with Crippen molar-refractivity contribution in [2.75, 3.05) is 5.75 Å². The molecule has 0 radical (unpaired) electrons. The Bertz CT molecular complexity index is 789. The van der Waals surface area contributed by atoms with Gasteiger partial charge in [-0.25, -0.2) is 13.1 Å². The van der Waals surface area contributed by atoms with E-state index in [0.29, 0.717) is 0 Å². The summed E-state index contributed by atoms with van der Waals surface area (Å²) in [6.07, 6.45) is 0.725. The van der Waals surface area contributed by atoms with Gasteiger partial charge in [0.25, 0.3) is 0 Å². The zero-order valence-electron chi connectivity index (χ0n) is 11.4. The van der Waals surface area contributed by atoms with Gasteiger partial charge in [-0.3, -0.25) is 0 Å². The molecule has 1 N–H and O–H groups in total. The van der Waals surface area contributed by atoms with Crippen LogP contribution in [-0.4, -0.2) is 14.2 Å². The van der Waals surface area contributed by atoms with Crippen LogP contribution in [-0.2, 0) is 10.0 Å². The molecule has 0 spiro atoms. The molecule has 0 bridgehead atoms. The number of rotatable bonds is 3. The molecule has 0 aliphatic carbocycles. The maximum atomic E-state index is 12.7. The van der Waals surface area contributed by atoms with Crippen molar-refractivity contribution < 1.29 is 8.42 Å². The van der Waals surface area contributed by atoms with Gasteiger partial charge < -0.3 is 0 Å². The predicted molar refractivity (Wildman–Crippen MR) is 91.3 cm³/mol. The molecule has 22 heavy (non-hydrogen) atoms. The van der Waals surface area contributed by atoms with Crippen LogP contribution < -0.4 is 4.72 Å². The van der Waals surface area contributed by atoms with Crippen molar-refractivity contribution in [3.8, 4) is 0 Å². The summed E-state index contributed by atoms with van der Waals surface area (Å²) in [6, 6.07) is 12.2. The average molecular weight is 374 g/mol. The maximum Gasteiger partial charge on any atom is 0.244 e. The van der Waals surface area contributed by atoms with E-state index >= 15 is 0 Å². The van der Waals surface area contributed by atoms with E-state index in [1.165, 1.54) is 12.1 Å². The van der Waals surface area contributed by atoms with Gasteiger partial charge in [0.1, 0.15) is 4.90 Å². The van der Waals surface area contributed by atoms with E-state index in [2.05, 4.69) is 4.72 Å². The first kappa shape index (κ1) is 16.1. The Morgan fingerprint density at radius 2 is 1.73 bits per heavy atom. The van der Waals surface area contributed by atoms with Gasteiger partial charge in [-0.1, -0.05) is 47.5 Å². The molecule has 2 aromatic rings. The van der Waals surface area contributed by atoms with Crippen molar-refractivity contribution in [1.82, 2.24) is 4.72 Å². The van der Waals surface area contributed by atoms with Crippen molar-refractivity contribution >= 4 is 45.0 Å². The van der Waals surface area contributed by atoms with Crippen LogP contribution in [0.3, 0.4) is 0 Å². The summed E-state index contributed by atoms with van der Waals surface area (Å²) in [6.45, 7) is 0. The highest BCUT2D eigenvalue weighted by atomic mass is 35.5. The number of halogens is 2. The molecule has 116 valence electrons. The van der Waals surface area contributed by atoms with Crippen molar-refractivity contribution in [2.24, 2.45) is 0 Å². The smallest absolute Gasteiger partial charge is 0.207 e. The molecule has 3 nitrogen and oxygen atoms in total. The van der Waals surface area contributed by atoms with Gasteiger partial charge in [0, 0.05) is 10.9 Å². The number of hydrogen-bond donors (Lipinski definition) is 1. The van der Waals surface area contributed by atoms with Gasteiger partial charge >= 0.3 is 0 Å². The van der Waals surface area contributed by atoms with Gasteiger partial charge in [0.2, 0.25) is 10.0 Å². The average Bonchev–Trinajstić information content (AvgIpc) is 2.47. The monoisotopic (exact) mass is 373 g/mol. The summed E-state index contributed by atoms with van der Waals surface area (Å²) in [5, 5.41) is 0.247. The normalized spacial score (nSPS) is 18.0. The third-order valence-electron chi connectivity index (χ3n) is 3.44. The van der Waals surface area contributed by atoms with Crippen LogP contribution in [0.15, 0.2) is 52.3 Å². The minimum atomic E-state index is -3.79. The lowest BCUT2D eigenvalue weighted by Gasteiger charge is -2.26. The third kappa shape index (κ3) is 3.14. The first-order chi connectivity index (χ1) is 10.5. The fraction of sp³-hybridized carbons (Fsp3) is 0.200. The molecule has 0 amide bonds. The van der Waals surface area contributed by atoms with Crippen molar-refractivity contribution in [1.29, 1.82) is 0 Å². The van der Waals surface area contributed by atoms with Gasteiger partial charge in [-0.15, -0.1) is 11.8 Å². The highest BCUT2D eigenvalue weighted by Gasteiger charge is 2.28.